The minimum Gasteiger partial charge on any atom is -0.322 e. The summed E-state index contributed by atoms with van der Waals surface area (Å²) in [6, 6.07) is 16.9. The highest BCUT2D eigenvalue weighted by Gasteiger charge is 2.22. The molecule has 1 aliphatic rings. The number of aliphatic imine (C=N–C) groups is 1. The van der Waals surface area contributed by atoms with Gasteiger partial charge < -0.3 is 14.8 Å². The molecule has 0 bridgehead atoms. The fourth-order valence-electron chi connectivity index (χ4n) is 4.47. The predicted molar refractivity (Wildman–Crippen MR) is 165 cm³/mol. The second kappa shape index (κ2) is 12.6. The second-order valence-corrected chi connectivity index (χ2v) is 10.2. The average molecular weight is 547 g/mol. The van der Waals surface area contributed by atoms with Crippen LogP contribution in [-0.2, 0) is 6.54 Å². The molecule has 0 saturated heterocycles. The van der Waals surface area contributed by atoms with Gasteiger partial charge in [-0.2, -0.15) is 5.26 Å². The molecule has 0 saturated carbocycles. The predicted octanol–water partition coefficient (Wildman–Crippen LogP) is 7.20. The molecule has 5 rings (SSSR count). The maximum atomic E-state index is 13.8. The van der Waals surface area contributed by atoms with Gasteiger partial charge in [0.2, 0.25) is 0 Å². The molecule has 0 radical (unpaired) electrons. The Labute approximate surface area is 241 Å². The summed E-state index contributed by atoms with van der Waals surface area (Å²) in [4.78, 5) is 11.2. The topological polar surface area (TPSA) is 69.2 Å². The van der Waals surface area contributed by atoms with E-state index in [0.29, 0.717) is 18.2 Å². The van der Waals surface area contributed by atoms with Crippen molar-refractivity contribution in [2.75, 3.05) is 7.05 Å². The van der Waals surface area contributed by atoms with Crippen molar-refractivity contribution >= 4 is 16.7 Å². The molecule has 6 nitrogen and oxygen atoms in total. The Balaban J connectivity index is 0.000000493. The Morgan fingerprint density at radius 2 is 1.93 bits per heavy atom. The van der Waals surface area contributed by atoms with Crippen LogP contribution in [0, 0.1) is 24.1 Å². The van der Waals surface area contributed by atoms with E-state index < -0.39 is 0 Å². The normalized spacial score (nSPS) is 13.6. The third kappa shape index (κ3) is 6.51. The lowest BCUT2D eigenvalue weighted by atomic mass is 10.1. The van der Waals surface area contributed by atoms with E-state index in [1.54, 1.807) is 30.6 Å². The summed E-state index contributed by atoms with van der Waals surface area (Å²) >= 11 is 0. The van der Waals surface area contributed by atoms with E-state index in [9.17, 15) is 9.65 Å². The van der Waals surface area contributed by atoms with Crippen LogP contribution >= 0.6 is 0 Å². The highest BCUT2D eigenvalue weighted by Crippen LogP contribution is 2.28. The lowest BCUT2D eigenvalue weighted by Crippen LogP contribution is -2.32. The SMILES string of the molecule is C=C(C)C(C)NC.C=C1C(C)=CN=C(c2cccc(C#N)c2)N1Cc1cncc(-n2cc(C)c3cc(F)ccc32)c1. The molecular weight excluding hydrogens is 511 g/mol. The average Bonchev–Trinajstić information content (AvgIpc) is 3.31. The minimum absolute atomic E-state index is 0.250. The molecule has 208 valence electrons. The van der Waals surface area contributed by atoms with Crippen LogP contribution in [-0.4, -0.2) is 33.4 Å². The summed E-state index contributed by atoms with van der Waals surface area (Å²) in [5, 5.41) is 13.3. The first-order chi connectivity index (χ1) is 19.6. The molecule has 1 unspecified atom stereocenters. The van der Waals surface area contributed by atoms with Crippen molar-refractivity contribution in [3.05, 3.63) is 131 Å². The van der Waals surface area contributed by atoms with Gasteiger partial charge in [-0.05, 0) is 87.8 Å². The number of allylic oxidation sites excluding steroid dienone is 1. The number of hydrogen-bond acceptors (Lipinski definition) is 5. The molecule has 2 aromatic heterocycles. The number of benzene rings is 2. The molecule has 4 aromatic rings. The Morgan fingerprint density at radius 3 is 2.61 bits per heavy atom. The van der Waals surface area contributed by atoms with Crippen LogP contribution in [0.15, 0.2) is 108 Å². The standard InChI is InChI=1S/C28H22FN5.C6H13N/c1-18-13-32-28(23-6-4-5-21(9-23)12-30)33(20(18)3)17-22-10-25(15-31-14-22)34-16-19(2)26-11-24(29)7-8-27(26)34;1-5(2)6(3)7-4/h4-11,13-16H,3,17H2,1-2H3;6-7H,1H2,2-4H3. The van der Waals surface area contributed by atoms with Crippen LogP contribution < -0.4 is 5.32 Å². The van der Waals surface area contributed by atoms with Crippen molar-refractivity contribution in [3.8, 4) is 11.8 Å². The lowest BCUT2D eigenvalue weighted by molar-refractivity contribution is 0.511. The van der Waals surface area contributed by atoms with Crippen LogP contribution in [0.4, 0.5) is 4.39 Å². The van der Waals surface area contributed by atoms with Gasteiger partial charge in [-0.1, -0.05) is 30.9 Å². The van der Waals surface area contributed by atoms with E-state index in [2.05, 4.69) is 47.5 Å². The number of rotatable bonds is 6. The molecule has 2 aromatic carbocycles. The van der Waals surface area contributed by atoms with E-state index in [4.69, 9.17) is 0 Å². The monoisotopic (exact) mass is 546 g/mol. The zero-order valence-electron chi connectivity index (χ0n) is 24.2. The molecule has 0 amide bonds. The van der Waals surface area contributed by atoms with Crippen molar-refractivity contribution in [2.24, 2.45) is 4.99 Å². The number of nitriles is 1. The second-order valence-electron chi connectivity index (χ2n) is 10.2. The number of amidine groups is 1. The van der Waals surface area contributed by atoms with Gasteiger partial charge in [0.25, 0.3) is 0 Å². The zero-order valence-corrected chi connectivity index (χ0v) is 24.2. The van der Waals surface area contributed by atoms with Crippen LogP contribution in [0.3, 0.4) is 0 Å². The molecule has 41 heavy (non-hydrogen) atoms. The molecule has 0 aliphatic carbocycles. The van der Waals surface area contributed by atoms with Crippen molar-refractivity contribution in [1.82, 2.24) is 19.8 Å². The van der Waals surface area contributed by atoms with Crippen molar-refractivity contribution in [3.63, 3.8) is 0 Å². The maximum absolute atomic E-state index is 13.8. The first-order valence-corrected chi connectivity index (χ1v) is 13.4. The third-order valence-corrected chi connectivity index (χ3v) is 7.20. The fourth-order valence-corrected chi connectivity index (χ4v) is 4.47. The summed E-state index contributed by atoms with van der Waals surface area (Å²) < 4.78 is 15.8. The maximum Gasteiger partial charge on any atom is 0.140 e. The lowest BCUT2D eigenvalue weighted by Gasteiger charge is -2.31. The van der Waals surface area contributed by atoms with Crippen molar-refractivity contribution < 1.29 is 4.39 Å². The smallest absolute Gasteiger partial charge is 0.140 e. The van der Waals surface area contributed by atoms with Gasteiger partial charge in [0.15, 0.2) is 0 Å². The summed E-state index contributed by atoms with van der Waals surface area (Å²) in [5.74, 6) is 0.482. The number of pyridine rings is 1. The van der Waals surface area contributed by atoms with Gasteiger partial charge in [0.1, 0.15) is 11.7 Å². The van der Waals surface area contributed by atoms with E-state index in [0.717, 1.165) is 50.4 Å². The number of likely N-dealkylation sites (N-methyl/N-ethyl adjacent to an activating group) is 1. The van der Waals surface area contributed by atoms with Gasteiger partial charge in [-0.15, -0.1) is 0 Å². The minimum atomic E-state index is -0.250. The van der Waals surface area contributed by atoms with Gasteiger partial charge in [0, 0.05) is 41.3 Å². The summed E-state index contributed by atoms with van der Waals surface area (Å²) in [6.45, 7) is 16.6. The molecule has 1 atom stereocenters. The van der Waals surface area contributed by atoms with E-state index in [1.807, 2.05) is 67.9 Å². The molecule has 7 heteroatoms. The van der Waals surface area contributed by atoms with Crippen LogP contribution in [0.1, 0.15) is 43.0 Å². The van der Waals surface area contributed by atoms with Crippen LogP contribution in [0.5, 0.6) is 0 Å². The van der Waals surface area contributed by atoms with Gasteiger partial charge in [-0.3, -0.25) is 4.98 Å². The summed E-state index contributed by atoms with van der Waals surface area (Å²) in [7, 11) is 1.93. The highest BCUT2D eigenvalue weighted by molar-refractivity contribution is 6.01. The number of nitrogens with one attached hydrogen (secondary N) is 1. The Kier molecular flexibility index (Phi) is 8.96. The molecule has 1 aliphatic heterocycles. The zero-order chi connectivity index (χ0) is 29.7. The summed E-state index contributed by atoms with van der Waals surface area (Å²) in [6.07, 6.45) is 7.42. The third-order valence-electron chi connectivity index (χ3n) is 7.20. The largest absolute Gasteiger partial charge is 0.322 e. The summed E-state index contributed by atoms with van der Waals surface area (Å²) in [5.41, 5.74) is 8.21. The number of aromatic nitrogens is 2. The first kappa shape index (κ1) is 29.2. The quantitative estimate of drug-likeness (QED) is 0.260. The number of halogens is 1. The number of fused-ring (bicyclic) bond motifs is 1. The van der Waals surface area contributed by atoms with E-state index >= 15 is 0 Å². The molecule has 1 N–H and O–H groups in total. The van der Waals surface area contributed by atoms with Gasteiger partial charge in [0.05, 0.1) is 35.6 Å². The van der Waals surface area contributed by atoms with Gasteiger partial charge in [-0.25, -0.2) is 9.38 Å². The van der Waals surface area contributed by atoms with Crippen molar-refractivity contribution in [2.45, 2.75) is 40.3 Å². The Bertz CT molecular complexity index is 1720. The first-order valence-electron chi connectivity index (χ1n) is 13.4. The highest BCUT2D eigenvalue weighted by atomic mass is 19.1. The number of nitrogens with zero attached hydrogens (tertiary/aromatic N) is 5. The molecule has 0 spiro atoms. The Morgan fingerprint density at radius 1 is 1.15 bits per heavy atom. The van der Waals surface area contributed by atoms with Crippen LogP contribution in [0.2, 0.25) is 0 Å². The van der Waals surface area contributed by atoms with Gasteiger partial charge >= 0.3 is 0 Å². The molecular formula is C34H35FN6. The van der Waals surface area contributed by atoms with E-state index in [-0.39, 0.29) is 5.82 Å². The fraction of sp³-hybridized carbons (Fsp3) is 0.206. The Hall–Kier alpha value is -4.80. The van der Waals surface area contributed by atoms with E-state index in [1.165, 1.54) is 11.6 Å². The number of aryl methyl sites for hydroxylation is 1. The molecule has 3 heterocycles. The number of hydrogen-bond donors (Lipinski definition) is 1. The molecule has 0 fully saturated rings. The van der Waals surface area contributed by atoms with Crippen molar-refractivity contribution in [1.29, 1.82) is 5.26 Å². The van der Waals surface area contributed by atoms with Crippen LogP contribution in [0.25, 0.3) is 16.6 Å².